The fourth-order valence-electron chi connectivity index (χ4n) is 3.04. The highest BCUT2D eigenvalue weighted by Gasteiger charge is 2.46. The minimum absolute atomic E-state index is 0.270. The number of hydrogen-bond donors (Lipinski definition) is 1. The Bertz CT molecular complexity index is 811. The van der Waals surface area contributed by atoms with Crippen LogP contribution in [0.25, 0.3) is 0 Å². The van der Waals surface area contributed by atoms with Crippen LogP contribution in [-0.4, -0.2) is 20.7 Å². The van der Waals surface area contributed by atoms with Crippen LogP contribution in [0.2, 0.25) is 0 Å². The van der Waals surface area contributed by atoms with Crippen LogP contribution in [0.15, 0.2) is 30.6 Å². The van der Waals surface area contributed by atoms with Gasteiger partial charge in [0, 0.05) is 12.7 Å². The normalized spacial score (nSPS) is 18.5. The molecule has 0 unspecified atom stereocenters. The second-order valence-electron chi connectivity index (χ2n) is 6.80. The van der Waals surface area contributed by atoms with E-state index in [1.165, 1.54) is 19.3 Å². The summed E-state index contributed by atoms with van der Waals surface area (Å²) >= 11 is 0. The molecule has 2 aliphatic carbocycles. The molecule has 2 aromatic heterocycles. The average Bonchev–Trinajstić information content (AvgIpc) is 3.25. The number of hydrogen-bond acceptors (Lipinski definition) is 4. The van der Waals surface area contributed by atoms with Crippen LogP contribution in [0.5, 0.6) is 0 Å². The molecule has 2 aromatic rings. The van der Waals surface area contributed by atoms with Gasteiger partial charge in [-0.3, -0.25) is 9.48 Å². The van der Waals surface area contributed by atoms with Crippen LogP contribution in [0, 0.1) is 17.2 Å². The first-order chi connectivity index (χ1) is 11.7. The third-order valence-electron chi connectivity index (χ3n) is 5.00. The lowest BCUT2D eigenvalue weighted by Crippen LogP contribution is -2.18. The number of anilines is 1. The van der Waals surface area contributed by atoms with Crippen molar-refractivity contribution >= 4 is 11.6 Å². The van der Waals surface area contributed by atoms with Crippen molar-refractivity contribution in [3.8, 4) is 6.07 Å². The van der Waals surface area contributed by atoms with Crippen molar-refractivity contribution in [1.82, 2.24) is 14.8 Å². The summed E-state index contributed by atoms with van der Waals surface area (Å²) in [5.74, 6) is 0.446. The Morgan fingerprint density at radius 1 is 1.42 bits per heavy atom. The number of nitrogens with zero attached hydrogens (tertiary/aromatic N) is 4. The standard InChI is InChI=1S/C18H19N5O/c19-12-18(7-8-18)16-6-2-5-15(22-16)17(24)21-14-9-20-23(11-14)10-13-3-1-4-13/h2,5-6,9,11,13H,1,3-4,7-8,10H2,(H,21,24). The van der Waals surface area contributed by atoms with Crippen molar-refractivity contribution < 1.29 is 4.79 Å². The van der Waals surface area contributed by atoms with Gasteiger partial charge in [0.1, 0.15) is 5.69 Å². The fraction of sp³-hybridized carbons (Fsp3) is 0.444. The van der Waals surface area contributed by atoms with Crippen molar-refractivity contribution in [2.75, 3.05) is 5.32 Å². The molecule has 6 heteroatoms. The first-order valence-electron chi connectivity index (χ1n) is 8.41. The second-order valence-corrected chi connectivity index (χ2v) is 6.80. The van der Waals surface area contributed by atoms with Crippen molar-refractivity contribution in [3.63, 3.8) is 0 Å². The first kappa shape index (κ1) is 14.9. The summed E-state index contributed by atoms with van der Waals surface area (Å²) in [6.07, 6.45) is 8.99. The van der Waals surface area contributed by atoms with Gasteiger partial charge in [-0.15, -0.1) is 0 Å². The zero-order valence-electron chi connectivity index (χ0n) is 13.4. The summed E-state index contributed by atoms with van der Waals surface area (Å²) < 4.78 is 1.89. The molecule has 2 fully saturated rings. The summed E-state index contributed by atoms with van der Waals surface area (Å²) in [4.78, 5) is 16.8. The number of nitrogens with one attached hydrogen (secondary N) is 1. The van der Waals surface area contributed by atoms with Gasteiger partial charge in [-0.1, -0.05) is 12.5 Å². The van der Waals surface area contributed by atoms with Crippen molar-refractivity contribution in [3.05, 3.63) is 42.0 Å². The fourth-order valence-corrected chi connectivity index (χ4v) is 3.04. The van der Waals surface area contributed by atoms with Crippen LogP contribution in [0.1, 0.15) is 48.3 Å². The third kappa shape index (κ3) is 2.78. The number of nitriles is 1. The second kappa shape index (κ2) is 5.75. The van der Waals surface area contributed by atoms with Gasteiger partial charge in [0.15, 0.2) is 0 Å². The lowest BCUT2D eigenvalue weighted by Gasteiger charge is -2.24. The molecule has 2 heterocycles. The molecule has 0 bridgehead atoms. The molecule has 1 N–H and O–H groups in total. The molecule has 0 aromatic carbocycles. The minimum Gasteiger partial charge on any atom is -0.318 e. The Balaban J connectivity index is 1.44. The molecular formula is C18H19N5O. The van der Waals surface area contributed by atoms with E-state index in [2.05, 4.69) is 21.5 Å². The molecule has 24 heavy (non-hydrogen) atoms. The minimum atomic E-state index is -0.482. The lowest BCUT2D eigenvalue weighted by atomic mass is 9.85. The van der Waals surface area contributed by atoms with Crippen LogP contribution in [0.3, 0.4) is 0 Å². The van der Waals surface area contributed by atoms with Gasteiger partial charge in [-0.2, -0.15) is 10.4 Å². The van der Waals surface area contributed by atoms with E-state index in [9.17, 15) is 10.1 Å². The SMILES string of the molecule is N#CC1(c2cccc(C(=O)Nc3cnn(CC4CCC4)c3)n2)CC1. The van der Waals surface area contributed by atoms with E-state index in [-0.39, 0.29) is 5.91 Å². The largest absolute Gasteiger partial charge is 0.318 e. The monoisotopic (exact) mass is 321 g/mol. The quantitative estimate of drug-likeness (QED) is 0.917. The molecule has 6 nitrogen and oxygen atoms in total. The summed E-state index contributed by atoms with van der Waals surface area (Å²) in [5, 5.41) is 16.4. The summed E-state index contributed by atoms with van der Waals surface area (Å²) in [7, 11) is 0. The van der Waals surface area contributed by atoms with E-state index in [0.29, 0.717) is 23.0 Å². The smallest absolute Gasteiger partial charge is 0.274 e. The van der Waals surface area contributed by atoms with E-state index >= 15 is 0 Å². The van der Waals surface area contributed by atoms with Gasteiger partial charge in [0.25, 0.3) is 5.91 Å². The van der Waals surface area contributed by atoms with Crippen LogP contribution < -0.4 is 5.32 Å². The highest BCUT2D eigenvalue weighted by Crippen LogP contribution is 2.46. The summed E-state index contributed by atoms with van der Waals surface area (Å²) in [5.41, 5.74) is 1.22. The maximum atomic E-state index is 12.4. The Kier molecular flexibility index (Phi) is 3.57. The number of rotatable bonds is 5. The van der Waals surface area contributed by atoms with Crippen LogP contribution in [0.4, 0.5) is 5.69 Å². The topological polar surface area (TPSA) is 83.6 Å². The Morgan fingerprint density at radius 2 is 2.25 bits per heavy atom. The van der Waals surface area contributed by atoms with Gasteiger partial charge in [-0.05, 0) is 43.7 Å². The Morgan fingerprint density at radius 3 is 2.92 bits per heavy atom. The number of carbonyl (C=O) groups excluding carboxylic acids is 1. The maximum absolute atomic E-state index is 12.4. The van der Waals surface area contributed by atoms with E-state index < -0.39 is 5.41 Å². The molecule has 0 atom stereocenters. The van der Waals surface area contributed by atoms with Gasteiger partial charge >= 0.3 is 0 Å². The van der Waals surface area contributed by atoms with Crippen LogP contribution >= 0.6 is 0 Å². The zero-order chi connectivity index (χ0) is 16.6. The highest BCUT2D eigenvalue weighted by atomic mass is 16.1. The molecule has 2 saturated carbocycles. The molecule has 0 spiro atoms. The van der Waals surface area contributed by atoms with E-state index in [1.807, 2.05) is 16.9 Å². The Hall–Kier alpha value is -2.68. The van der Waals surface area contributed by atoms with Crippen LogP contribution in [-0.2, 0) is 12.0 Å². The molecule has 122 valence electrons. The zero-order valence-corrected chi connectivity index (χ0v) is 13.4. The summed E-state index contributed by atoms with van der Waals surface area (Å²) in [6, 6.07) is 7.59. The van der Waals surface area contributed by atoms with Gasteiger partial charge in [0.2, 0.25) is 0 Å². The molecule has 0 saturated heterocycles. The van der Waals surface area contributed by atoms with E-state index in [0.717, 1.165) is 19.4 Å². The number of carbonyl (C=O) groups is 1. The van der Waals surface area contributed by atoms with Crippen molar-refractivity contribution in [2.45, 2.75) is 44.1 Å². The molecular weight excluding hydrogens is 302 g/mol. The molecule has 0 radical (unpaired) electrons. The molecule has 0 aliphatic heterocycles. The van der Waals surface area contributed by atoms with Crippen molar-refractivity contribution in [1.29, 1.82) is 5.26 Å². The predicted octanol–water partition coefficient (Wildman–Crippen LogP) is 2.89. The third-order valence-corrected chi connectivity index (χ3v) is 5.00. The van der Waals surface area contributed by atoms with E-state index in [1.54, 1.807) is 18.3 Å². The number of pyridine rings is 1. The maximum Gasteiger partial charge on any atom is 0.274 e. The first-order valence-corrected chi connectivity index (χ1v) is 8.41. The lowest BCUT2D eigenvalue weighted by molar-refractivity contribution is 0.102. The van der Waals surface area contributed by atoms with Crippen molar-refractivity contribution in [2.24, 2.45) is 5.92 Å². The molecule has 4 rings (SSSR count). The number of amides is 1. The predicted molar refractivity (Wildman–Crippen MR) is 88.3 cm³/mol. The molecule has 2 aliphatic rings. The summed E-state index contributed by atoms with van der Waals surface area (Å²) in [6.45, 7) is 0.911. The van der Waals surface area contributed by atoms with Gasteiger partial charge in [0.05, 0.1) is 29.1 Å². The highest BCUT2D eigenvalue weighted by molar-refractivity contribution is 6.02. The molecule has 1 amide bonds. The van der Waals surface area contributed by atoms with E-state index in [4.69, 9.17) is 0 Å². The van der Waals surface area contributed by atoms with Gasteiger partial charge < -0.3 is 5.32 Å². The number of aromatic nitrogens is 3. The Labute approximate surface area is 140 Å². The average molecular weight is 321 g/mol. The van der Waals surface area contributed by atoms with Gasteiger partial charge in [-0.25, -0.2) is 4.98 Å².